The van der Waals surface area contributed by atoms with Crippen LogP contribution in [0.3, 0.4) is 0 Å². The molecule has 0 radical (unpaired) electrons. The van der Waals surface area contributed by atoms with Crippen LogP contribution in [0.5, 0.6) is 0 Å². The molecule has 0 amide bonds. The predicted molar refractivity (Wildman–Crippen MR) is 76.6 cm³/mol. The Morgan fingerprint density at radius 1 is 0.842 bits per heavy atom. The van der Waals surface area contributed by atoms with Crippen molar-refractivity contribution >= 4 is 0 Å². The summed E-state index contributed by atoms with van der Waals surface area (Å²) in [5.41, 5.74) is 0. The van der Waals surface area contributed by atoms with Gasteiger partial charge in [0.2, 0.25) is 0 Å². The Hall–Kier alpha value is 0.346. The average molecular weight is 319 g/mol. The minimum absolute atomic E-state index is 0.218. The van der Waals surface area contributed by atoms with Gasteiger partial charge in [-0.15, -0.1) is 0 Å². The van der Waals surface area contributed by atoms with Crippen molar-refractivity contribution in [2.24, 2.45) is 0 Å². The van der Waals surface area contributed by atoms with Gasteiger partial charge in [0.25, 0.3) is 0 Å². The van der Waals surface area contributed by atoms with E-state index in [1.54, 1.807) is 0 Å². The first-order valence-electron chi connectivity index (χ1n) is 7.34. The number of nitrogens with one attached hydrogen (secondary N) is 2. The van der Waals surface area contributed by atoms with Crippen molar-refractivity contribution in [2.75, 3.05) is 14.1 Å². The van der Waals surface area contributed by atoms with Gasteiger partial charge in [0.05, 0.1) is 0 Å². The first-order valence-corrected chi connectivity index (χ1v) is 8.19. The van der Waals surface area contributed by atoms with E-state index < -0.39 is 0 Å². The molecule has 4 atom stereocenters. The minimum atomic E-state index is 0.218. The van der Waals surface area contributed by atoms with Crippen LogP contribution in [0, 0.1) is 0 Å². The second-order valence-electron chi connectivity index (χ2n) is 5.09. The molecule has 0 saturated carbocycles. The molecule has 4 nitrogen and oxygen atoms in total. The molecule has 0 aliphatic heterocycles. The summed E-state index contributed by atoms with van der Waals surface area (Å²) in [6, 6.07) is 1.05. The van der Waals surface area contributed by atoms with E-state index in [4.69, 9.17) is 7.70 Å². The molecule has 0 spiro atoms. The molecule has 0 rings (SSSR count). The maximum absolute atomic E-state index is 5.68. The van der Waals surface area contributed by atoms with Crippen LogP contribution in [0.25, 0.3) is 0 Å². The summed E-state index contributed by atoms with van der Waals surface area (Å²) in [6.45, 7) is 8.57. The second kappa shape index (κ2) is 12.1. The molecule has 0 aromatic heterocycles. The van der Waals surface area contributed by atoms with Gasteiger partial charge in [0.15, 0.2) is 0 Å². The zero-order valence-electron chi connectivity index (χ0n) is 13.3. The quantitative estimate of drug-likeness (QED) is 0.580. The van der Waals surface area contributed by atoms with Gasteiger partial charge in [0.1, 0.15) is 0 Å². The molecule has 5 heteroatoms. The summed E-state index contributed by atoms with van der Waals surface area (Å²) in [4.78, 5) is 0. The van der Waals surface area contributed by atoms with E-state index in [9.17, 15) is 0 Å². The van der Waals surface area contributed by atoms with Crippen molar-refractivity contribution in [2.45, 2.75) is 77.7 Å². The Labute approximate surface area is 126 Å². The molecule has 2 N–H and O–H groups in total. The van der Waals surface area contributed by atoms with E-state index in [2.05, 4.69) is 38.3 Å². The zero-order chi connectivity index (χ0) is 14.7. The van der Waals surface area contributed by atoms with Gasteiger partial charge in [-0.1, -0.05) is 0 Å². The van der Waals surface area contributed by atoms with Gasteiger partial charge >= 0.3 is 125 Å². The first-order chi connectivity index (χ1) is 9.07. The topological polar surface area (TPSA) is 42.5 Å². The van der Waals surface area contributed by atoms with Crippen LogP contribution in [0.4, 0.5) is 0 Å². The molecule has 0 aromatic rings. The molecule has 19 heavy (non-hydrogen) atoms. The molecule has 0 bridgehead atoms. The van der Waals surface area contributed by atoms with Gasteiger partial charge in [0, 0.05) is 0 Å². The first kappa shape index (κ1) is 19.3. The van der Waals surface area contributed by atoms with E-state index in [1.807, 2.05) is 14.1 Å². The fourth-order valence-corrected chi connectivity index (χ4v) is 2.57. The standard InChI is InChI=1S/2C7H16NO.Co/c2*1-4-7(8-3)5-6(2)9;/h2*6-8H,4-5H2,1-3H3;/q2*-1;+2. The van der Waals surface area contributed by atoms with Gasteiger partial charge < -0.3 is 0 Å². The van der Waals surface area contributed by atoms with Gasteiger partial charge in [-0.2, -0.15) is 0 Å². The molecule has 4 unspecified atom stereocenters. The third-order valence-corrected chi connectivity index (χ3v) is 4.41. The molecule has 0 aliphatic rings. The van der Waals surface area contributed by atoms with Crippen LogP contribution < -0.4 is 10.6 Å². The van der Waals surface area contributed by atoms with E-state index in [0.717, 1.165) is 25.7 Å². The van der Waals surface area contributed by atoms with Crippen molar-refractivity contribution < 1.29 is 23.0 Å². The Kier molecular flexibility index (Phi) is 12.3. The number of hydrogen-bond acceptors (Lipinski definition) is 4. The van der Waals surface area contributed by atoms with Crippen LogP contribution in [0.2, 0.25) is 0 Å². The van der Waals surface area contributed by atoms with Crippen molar-refractivity contribution in [3.63, 3.8) is 0 Å². The Morgan fingerprint density at radius 2 is 1.21 bits per heavy atom. The third-order valence-electron chi connectivity index (χ3n) is 3.37. The van der Waals surface area contributed by atoms with Gasteiger partial charge in [-0.3, -0.25) is 0 Å². The molecule has 0 saturated heterocycles. The van der Waals surface area contributed by atoms with E-state index >= 15 is 0 Å². The van der Waals surface area contributed by atoms with Crippen molar-refractivity contribution in [1.82, 2.24) is 10.6 Å². The van der Waals surface area contributed by atoms with Crippen LogP contribution in [-0.2, 0) is 23.0 Å². The monoisotopic (exact) mass is 319 g/mol. The van der Waals surface area contributed by atoms with Crippen LogP contribution in [0.1, 0.15) is 53.4 Å². The van der Waals surface area contributed by atoms with Crippen molar-refractivity contribution in [1.29, 1.82) is 0 Å². The predicted octanol–water partition coefficient (Wildman–Crippen LogP) is 2.49. The number of rotatable bonds is 12. The molecule has 119 valence electrons. The van der Waals surface area contributed by atoms with Crippen LogP contribution in [-0.4, -0.2) is 38.4 Å². The maximum atomic E-state index is 5.68. The van der Waals surface area contributed by atoms with Gasteiger partial charge in [-0.05, 0) is 0 Å². The van der Waals surface area contributed by atoms with Crippen LogP contribution in [0.15, 0.2) is 0 Å². The SMILES string of the molecule is CCC(CC(C)[O][Co][O]C(C)CC(CC)NC)NC. The third kappa shape index (κ3) is 9.82. The normalized spacial score (nSPS) is 18.2. The molecule has 0 aliphatic carbocycles. The zero-order valence-corrected chi connectivity index (χ0v) is 14.3. The molecular weight excluding hydrogens is 287 g/mol. The van der Waals surface area contributed by atoms with Gasteiger partial charge in [-0.25, -0.2) is 0 Å². The average Bonchev–Trinajstić information content (AvgIpc) is 2.42. The van der Waals surface area contributed by atoms with E-state index in [-0.39, 0.29) is 12.2 Å². The molecule has 0 fully saturated rings. The van der Waals surface area contributed by atoms with E-state index in [1.165, 1.54) is 0 Å². The number of hydrogen-bond donors (Lipinski definition) is 2. The summed E-state index contributed by atoms with van der Waals surface area (Å²) in [5, 5.41) is 6.58. The summed E-state index contributed by atoms with van der Waals surface area (Å²) >= 11 is 0.672. The molecular formula is C14H32CoN2O2. The van der Waals surface area contributed by atoms with Crippen molar-refractivity contribution in [3.05, 3.63) is 0 Å². The fraction of sp³-hybridized carbons (Fsp3) is 1.00. The Balaban J connectivity index is 3.71. The van der Waals surface area contributed by atoms with Crippen molar-refractivity contribution in [3.8, 4) is 0 Å². The summed E-state index contributed by atoms with van der Waals surface area (Å²) < 4.78 is 11.4. The Bertz CT molecular complexity index is 180. The summed E-state index contributed by atoms with van der Waals surface area (Å²) in [7, 11) is 4.00. The molecule has 0 aromatic carbocycles. The molecule has 0 heterocycles. The second-order valence-corrected chi connectivity index (χ2v) is 5.76. The van der Waals surface area contributed by atoms with Crippen LogP contribution >= 0.6 is 0 Å². The summed E-state index contributed by atoms with van der Waals surface area (Å²) in [5.74, 6) is 0. The summed E-state index contributed by atoms with van der Waals surface area (Å²) in [6.07, 6.45) is 4.72. The Morgan fingerprint density at radius 3 is 1.47 bits per heavy atom. The van der Waals surface area contributed by atoms with E-state index in [0.29, 0.717) is 27.4 Å². The fourth-order valence-electron chi connectivity index (χ4n) is 1.97.